The van der Waals surface area contributed by atoms with E-state index in [9.17, 15) is 4.79 Å². The van der Waals surface area contributed by atoms with Crippen LogP contribution in [0.1, 0.15) is 24.2 Å². The van der Waals surface area contributed by atoms with Crippen molar-refractivity contribution in [1.29, 1.82) is 0 Å². The third-order valence-electron chi connectivity index (χ3n) is 5.05. The predicted octanol–water partition coefficient (Wildman–Crippen LogP) is 1.13. The number of nitrogens with one attached hydrogen (secondary N) is 2. The normalized spacial score (nSPS) is 19.7. The lowest BCUT2D eigenvalue weighted by molar-refractivity contribution is -0.123. The number of pyridine rings is 1. The largest absolute Gasteiger partial charge is 0.481 e. The van der Waals surface area contributed by atoms with Crippen molar-refractivity contribution >= 4 is 5.91 Å². The van der Waals surface area contributed by atoms with Crippen LogP contribution in [0.25, 0.3) is 11.4 Å². The lowest BCUT2D eigenvalue weighted by Gasteiger charge is -2.25. The molecule has 4 rings (SSSR count). The zero-order chi connectivity index (χ0) is 18.6. The van der Waals surface area contributed by atoms with Crippen LogP contribution in [0.5, 0.6) is 5.88 Å². The van der Waals surface area contributed by atoms with Crippen LogP contribution in [-0.2, 0) is 22.5 Å². The quantitative estimate of drug-likeness (QED) is 0.791. The number of hydrogen-bond acceptors (Lipinski definition) is 6. The lowest BCUT2D eigenvalue weighted by atomic mass is 10.1. The van der Waals surface area contributed by atoms with Gasteiger partial charge in [0.15, 0.2) is 0 Å². The molecule has 1 fully saturated rings. The average Bonchev–Trinajstić information content (AvgIpc) is 3.36. The van der Waals surface area contributed by atoms with Crippen LogP contribution in [0.2, 0.25) is 0 Å². The van der Waals surface area contributed by atoms with Gasteiger partial charge < -0.3 is 19.8 Å². The number of rotatable bonds is 6. The van der Waals surface area contributed by atoms with Gasteiger partial charge in [0.2, 0.25) is 11.8 Å². The molecule has 2 aromatic heterocycles. The van der Waals surface area contributed by atoms with Crippen molar-refractivity contribution in [3.05, 3.63) is 29.7 Å². The van der Waals surface area contributed by atoms with Crippen molar-refractivity contribution in [3.63, 3.8) is 0 Å². The molecule has 27 heavy (non-hydrogen) atoms. The van der Waals surface area contributed by atoms with Crippen molar-refractivity contribution in [2.45, 2.75) is 31.9 Å². The van der Waals surface area contributed by atoms with Crippen LogP contribution in [-0.4, -0.2) is 65.2 Å². The summed E-state index contributed by atoms with van der Waals surface area (Å²) in [5.74, 6) is 1.43. The molecule has 8 heteroatoms. The average molecular weight is 371 g/mol. The summed E-state index contributed by atoms with van der Waals surface area (Å²) in [6, 6.07) is 3.76. The van der Waals surface area contributed by atoms with Gasteiger partial charge >= 0.3 is 0 Å². The fourth-order valence-electron chi connectivity index (χ4n) is 3.55. The second-order valence-electron chi connectivity index (χ2n) is 7.00. The summed E-state index contributed by atoms with van der Waals surface area (Å²) in [5, 5.41) is 2.99. The summed E-state index contributed by atoms with van der Waals surface area (Å²) in [5.41, 5.74) is 3.06. The number of hydrogen-bond donors (Lipinski definition) is 2. The summed E-state index contributed by atoms with van der Waals surface area (Å²) in [6.07, 6.45) is 4.87. The van der Waals surface area contributed by atoms with Gasteiger partial charge in [0, 0.05) is 50.5 Å². The van der Waals surface area contributed by atoms with Crippen molar-refractivity contribution < 1.29 is 14.3 Å². The van der Waals surface area contributed by atoms with E-state index in [1.807, 2.05) is 12.1 Å². The highest BCUT2D eigenvalue weighted by Gasteiger charge is 2.23. The molecule has 1 amide bonds. The molecule has 0 spiro atoms. The van der Waals surface area contributed by atoms with Crippen molar-refractivity contribution in [1.82, 2.24) is 25.2 Å². The zero-order valence-electron chi connectivity index (χ0n) is 15.5. The minimum atomic E-state index is 0.0491. The molecule has 0 radical (unpaired) electrons. The summed E-state index contributed by atoms with van der Waals surface area (Å²) in [6.45, 7) is 3.33. The molecule has 2 N–H and O–H groups in total. The molecule has 2 aromatic rings. The Kier molecular flexibility index (Phi) is 5.35. The molecule has 2 aliphatic rings. The number of fused-ring (bicyclic) bond motifs is 1. The van der Waals surface area contributed by atoms with E-state index < -0.39 is 0 Å². The number of nitrogens with zero attached hydrogens (tertiary/aromatic N) is 3. The number of imidazole rings is 1. The Labute approximate surface area is 158 Å². The Bertz CT molecular complexity index is 783. The van der Waals surface area contributed by atoms with Crippen LogP contribution in [0, 0.1) is 0 Å². The van der Waals surface area contributed by atoms with Crippen molar-refractivity contribution in [2.75, 3.05) is 33.4 Å². The van der Waals surface area contributed by atoms with E-state index in [4.69, 9.17) is 14.5 Å². The number of amides is 1. The first-order chi connectivity index (χ1) is 13.2. The number of carbonyl (C=O) groups is 1. The fraction of sp³-hybridized carbons (Fsp3) is 0.526. The second kappa shape index (κ2) is 8.06. The van der Waals surface area contributed by atoms with Gasteiger partial charge in [-0.25, -0.2) is 9.97 Å². The first-order valence-electron chi connectivity index (χ1n) is 9.40. The van der Waals surface area contributed by atoms with E-state index in [2.05, 4.69) is 20.2 Å². The standard InChI is InChI=1S/C19H25N5O3/c1-26-18-5-4-13(9-21-18)19-22-15-6-7-24(11-16(15)23-19)12-17(25)20-10-14-3-2-8-27-14/h4-5,9,14H,2-3,6-8,10-12H2,1H3,(H,20,25)(H,22,23). The van der Waals surface area contributed by atoms with Gasteiger partial charge in [0.05, 0.1) is 31.1 Å². The summed E-state index contributed by atoms with van der Waals surface area (Å²) >= 11 is 0. The maximum absolute atomic E-state index is 12.2. The highest BCUT2D eigenvalue weighted by molar-refractivity contribution is 5.78. The fourth-order valence-corrected chi connectivity index (χ4v) is 3.55. The van der Waals surface area contributed by atoms with E-state index in [-0.39, 0.29) is 12.0 Å². The predicted molar refractivity (Wildman–Crippen MR) is 99.3 cm³/mol. The zero-order valence-corrected chi connectivity index (χ0v) is 15.5. The molecular weight excluding hydrogens is 346 g/mol. The second-order valence-corrected chi connectivity index (χ2v) is 7.00. The molecule has 8 nitrogen and oxygen atoms in total. The van der Waals surface area contributed by atoms with E-state index >= 15 is 0 Å². The number of aromatic amines is 1. The summed E-state index contributed by atoms with van der Waals surface area (Å²) in [4.78, 5) is 26.7. The molecule has 0 aliphatic carbocycles. The molecule has 0 saturated carbocycles. The monoisotopic (exact) mass is 371 g/mol. The first kappa shape index (κ1) is 17.9. The number of ether oxygens (including phenoxy) is 2. The molecule has 1 unspecified atom stereocenters. The van der Waals surface area contributed by atoms with E-state index in [0.29, 0.717) is 25.5 Å². The topological polar surface area (TPSA) is 92.4 Å². The van der Waals surface area contributed by atoms with Crippen LogP contribution in [0.15, 0.2) is 18.3 Å². The van der Waals surface area contributed by atoms with Gasteiger partial charge in [-0.05, 0) is 18.9 Å². The van der Waals surface area contributed by atoms with Crippen molar-refractivity contribution in [3.8, 4) is 17.3 Å². The van der Waals surface area contributed by atoms with Crippen LogP contribution >= 0.6 is 0 Å². The van der Waals surface area contributed by atoms with Crippen molar-refractivity contribution in [2.24, 2.45) is 0 Å². The molecule has 2 aliphatic heterocycles. The van der Waals surface area contributed by atoms with Gasteiger partial charge in [0.1, 0.15) is 5.82 Å². The van der Waals surface area contributed by atoms with E-state index in [1.165, 1.54) is 0 Å². The maximum atomic E-state index is 12.2. The van der Waals surface area contributed by atoms with E-state index in [0.717, 1.165) is 55.2 Å². The SMILES string of the molecule is COc1ccc(-c2nc3c([nH]2)CN(CC(=O)NCC2CCCO2)CC3)cn1. The lowest BCUT2D eigenvalue weighted by Crippen LogP contribution is -2.42. The van der Waals surface area contributed by atoms with E-state index in [1.54, 1.807) is 13.3 Å². The number of carbonyl (C=O) groups excluding carboxylic acids is 1. The van der Waals surface area contributed by atoms with Crippen LogP contribution in [0.4, 0.5) is 0 Å². The molecule has 1 atom stereocenters. The minimum Gasteiger partial charge on any atom is -0.481 e. The number of methoxy groups -OCH3 is 1. The molecule has 0 aromatic carbocycles. The maximum Gasteiger partial charge on any atom is 0.234 e. The molecule has 0 bridgehead atoms. The summed E-state index contributed by atoms with van der Waals surface area (Å²) < 4.78 is 10.6. The minimum absolute atomic E-state index is 0.0491. The molecule has 4 heterocycles. The smallest absolute Gasteiger partial charge is 0.234 e. The Morgan fingerprint density at radius 1 is 1.48 bits per heavy atom. The molecular formula is C19H25N5O3. The summed E-state index contributed by atoms with van der Waals surface area (Å²) in [7, 11) is 1.60. The third kappa shape index (κ3) is 4.28. The third-order valence-corrected chi connectivity index (χ3v) is 5.05. The van der Waals surface area contributed by atoms with Crippen LogP contribution < -0.4 is 10.1 Å². The van der Waals surface area contributed by atoms with Gasteiger partial charge in [-0.3, -0.25) is 9.69 Å². The number of H-pyrrole nitrogens is 1. The number of aromatic nitrogens is 3. The highest BCUT2D eigenvalue weighted by Crippen LogP contribution is 2.23. The molecule has 144 valence electrons. The van der Waals surface area contributed by atoms with Gasteiger partial charge in [-0.1, -0.05) is 0 Å². The molecule has 1 saturated heterocycles. The van der Waals surface area contributed by atoms with Gasteiger partial charge in [-0.15, -0.1) is 0 Å². The highest BCUT2D eigenvalue weighted by atomic mass is 16.5. The Morgan fingerprint density at radius 3 is 3.15 bits per heavy atom. The Balaban J connectivity index is 1.33. The van der Waals surface area contributed by atoms with Gasteiger partial charge in [0.25, 0.3) is 0 Å². The first-order valence-corrected chi connectivity index (χ1v) is 9.40. The Morgan fingerprint density at radius 2 is 2.41 bits per heavy atom. The van der Waals surface area contributed by atoms with Gasteiger partial charge in [-0.2, -0.15) is 0 Å². The van der Waals surface area contributed by atoms with Crippen LogP contribution in [0.3, 0.4) is 0 Å². The Hall–Kier alpha value is -2.45.